The van der Waals surface area contributed by atoms with Crippen molar-refractivity contribution in [1.82, 2.24) is 0 Å². The number of primary amides is 1. The number of ether oxygens (including phenoxy) is 2. The van der Waals surface area contributed by atoms with Gasteiger partial charge in [-0.3, -0.25) is 4.79 Å². The van der Waals surface area contributed by atoms with Gasteiger partial charge >= 0.3 is 5.97 Å². The van der Waals surface area contributed by atoms with Crippen LogP contribution < -0.4 is 10.5 Å². The van der Waals surface area contributed by atoms with Gasteiger partial charge in [-0.2, -0.15) is 0 Å². The average Bonchev–Trinajstić information content (AvgIpc) is 2.34. The minimum absolute atomic E-state index is 0.187. The second-order valence-corrected chi connectivity index (χ2v) is 3.20. The van der Waals surface area contributed by atoms with Gasteiger partial charge in [-0.15, -0.1) is 0 Å². The summed E-state index contributed by atoms with van der Waals surface area (Å²) < 4.78 is 9.81. The summed E-state index contributed by atoms with van der Waals surface area (Å²) in [6.45, 7) is 3.77. The van der Waals surface area contributed by atoms with Gasteiger partial charge < -0.3 is 15.2 Å². The van der Waals surface area contributed by atoms with Crippen LogP contribution >= 0.6 is 0 Å². The van der Waals surface area contributed by atoms with Crippen LogP contribution in [-0.2, 0) is 4.74 Å². The van der Waals surface area contributed by atoms with Gasteiger partial charge in [0.15, 0.2) is 0 Å². The van der Waals surface area contributed by atoms with Crippen LogP contribution in [0.3, 0.4) is 0 Å². The minimum atomic E-state index is -0.640. The zero-order valence-electron chi connectivity index (χ0n) is 9.43. The number of benzene rings is 1. The molecule has 0 aliphatic carbocycles. The van der Waals surface area contributed by atoms with Crippen molar-refractivity contribution in [3.05, 3.63) is 42.0 Å². The minimum Gasteiger partial charge on any atom is -0.490 e. The SMILES string of the molecule is C=CCOc1cc(C(N)=O)cc(C(=O)OC)c1. The molecule has 0 atom stereocenters. The van der Waals surface area contributed by atoms with Crippen molar-refractivity contribution < 1.29 is 19.1 Å². The molecular formula is C12H13NO4. The molecule has 0 fully saturated rings. The largest absolute Gasteiger partial charge is 0.490 e. The molecule has 5 nitrogen and oxygen atoms in total. The van der Waals surface area contributed by atoms with E-state index < -0.39 is 11.9 Å². The molecule has 0 radical (unpaired) electrons. The molecule has 0 aliphatic heterocycles. The number of hydrogen-bond acceptors (Lipinski definition) is 4. The summed E-state index contributed by atoms with van der Waals surface area (Å²) >= 11 is 0. The topological polar surface area (TPSA) is 78.6 Å². The second kappa shape index (κ2) is 5.69. The first-order chi connectivity index (χ1) is 8.08. The maximum atomic E-state index is 11.4. The first-order valence-corrected chi connectivity index (χ1v) is 4.85. The molecule has 1 aromatic rings. The van der Waals surface area contributed by atoms with Crippen LogP contribution in [0.1, 0.15) is 20.7 Å². The Balaban J connectivity index is 3.13. The molecular weight excluding hydrogens is 222 g/mol. The van der Waals surface area contributed by atoms with Crippen LogP contribution in [0.15, 0.2) is 30.9 Å². The second-order valence-electron chi connectivity index (χ2n) is 3.20. The molecule has 2 N–H and O–H groups in total. The van der Waals surface area contributed by atoms with E-state index in [-0.39, 0.29) is 17.7 Å². The molecule has 0 unspecified atom stereocenters. The van der Waals surface area contributed by atoms with Crippen LogP contribution in [0.2, 0.25) is 0 Å². The number of nitrogens with two attached hydrogens (primary N) is 1. The molecule has 0 aliphatic rings. The van der Waals surface area contributed by atoms with Crippen molar-refractivity contribution in [2.45, 2.75) is 0 Å². The first kappa shape index (κ1) is 12.8. The van der Waals surface area contributed by atoms with Crippen LogP contribution in [0.4, 0.5) is 0 Å². The number of hydrogen-bond donors (Lipinski definition) is 1. The lowest BCUT2D eigenvalue weighted by molar-refractivity contribution is 0.0600. The number of carbonyl (C=O) groups excluding carboxylic acids is 2. The predicted molar refractivity (Wildman–Crippen MR) is 62.0 cm³/mol. The lowest BCUT2D eigenvalue weighted by Crippen LogP contribution is -2.13. The molecule has 1 rings (SSSR count). The normalized spacial score (nSPS) is 9.47. The maximum Gasteiger partial charge on any atom is 0.338 e. The molecule has 5 heteroatoms. The maximum absolute atomic E-state index is 11.4. The van der Waals surface area contributed by atoms with Crippen molar-refractivity contribution in [2.75, 3.05) is 13.7 Å². The third-order valence-electron chi connectivity index (χ3n) is 1.98. The Kier molecular flexibility index (Phi) is 4.28. The molecule has 0 bridgehead atoms. The molecule has 1 aromatic carbocycles. The van der Waals surface area contributed by atoms with Gasteiger partial charge in [0.1, 0.15) is 12.4 Å². The van der Waals surface area contributed by atoms with Crippen LogP contribution in [0.25, 0.3) is 0 Å². The summed E-state index contributed by atoms with van der Waals surface area (Å²) in [4.78, 5) is 22.4. The fourth-order valence-corrected chi connectivity index (χ4v) is 1.22. The number of rotatable bonds is 5. The van der Waals surface area contributed by atoms with E-state index in [4.69, 9.17) is 10.5 Å². The molecule has 0 saturated heterocycles. The zero-order valence-corrected chi connectivity index (χ0v) is 9.43. The fraction of sp³-hybridized carbons (Fsp3) is 0.167. The van der Waals surface area contributed by atoms with Crippen LogP contribution in [-0.4, -0.2) is 25.6 Å². The summed E-state index contributed by atoms with van der Waals surface area (Å²) in [6.07, 6.45) is 1.55. The number of amides is 1. The van der Waals surface area contributed by atoms with Gasteiger partial charge in [-0.25, -0.2) is 4.79 Å². The van der Waals surface area contributed by atoms with Gasteiger partial charge in [-0.05, 0) is 18.2 Å². The van der Waals surface area contributed by atoms with E-state index in [1.807, 2.05) is 0 Å². The highest BCUT2D eigenvalue weighted by atomic mass is 16.5. The monoisotopic (exact) mass is 235 g/mol. The summed E-state index contributed by atoms with van der Waals surface area (Å²) in [5.41, 5.74) is 5.55. The van der Waals surface area contributed by atoms with Crippen molar-refractivity contribution >= 4 is 11.9 Å². The lowest BCUT2D eigenvalue weighted by Gasteiger charge is -2.07. The first-order valence-electron chi connectivity index (χ1n) is 4.85. The van der Waals surface area contributed by atoms with Gasteiger partial charge in [0, 0.05) is 5.56 Å². The Morgan fingerprint density at radius 3 is 2.53 bits per heavy atom. The Labute approximate surface area is 98.8 Å². The summed E-state index contributed by atoms with van der Waals surface area (Å²) in [5.74, 6) is -0.836. The van der Waals surface area contributed by atoms with E-state index in [2.05, 4.69) is 11.3 Å². The smallest absolute Gasteiger partial charge is 0.338 e. The summed E-state index contributed by atoms with van der Waals surface area (Å²) in [6, 6.07) is 4.29. The molecule has 0 spiro atoms. The van der Waals surface area contributed by atoms with E-state index in [1.165, 1.54) is 25.3 Å². The predicted octanol–water partition coefficient (Wildman–Crippen LogP) is 1.14. The van der Waals surface area contributed by atoms with E-state index in [0.29, 0.717) is 5.75 Å². The molecule has 0 aromatic heterocycles. The Morgan fingerprint density at radius 1 is 1.35 bits per heavy atom. The summed E-state index contributed by atoms with van der Waals surface area (Å²) in [7, 11) is 1.25. The van der Waals surface area contributed by atoms with E-state index in [9.17, 15) is 9.59 Å². The Morgan fingerprint density at radius 2 is 2.00 bits per heavy atom. The molecule has 1 amide bonds. The summed E-state index contributed by atoms with van der Waals surface area (Å²) in [5, 5.41) is 0. The highest BCUT2D eigenvalue weighted by Gasteiger charge is 2.12. The molecule has 90 valence electrons. The van der Waals surface area contributed by atoms with Crippen molar-refractivity contribution in [3.8, 4) is 5.75 Å². The van der Waals surface area contributed by atoms with Gasteiger partial charge in [0.25, 0.3) is 0 Å². The van der Waals surface area contributed by atoms with E-state index >= 15 is 0 Å². The highest BCUT2D eigenvalue weighted by molar-refractivity contribution is 5.97. The highest BCUT2D eigenvalue weighted by Crippen LogP contribution is 2.18. The Bertz CT molecular complexity index is 454. The van der Waals surface area contributed by atoms with Gasteiger partial charge in [-0.1, -0.05) is 12.7 Å². The number of methoxy groups -OCH3 is 1. The van der Waals surface area contributed by atoms with Crippen molar-refractivity contribution in [3.63, 3.8) is 0 Å². The fourth-order valence-electron chi connectivity index (χ4n) is 1.22. The third kappa shape index (κ3) is 3.34. The van der Waals surface area contributed by atoms with Crippen LogP contribution in [0.5, 0.6) is 5.75 Å². The Hall–Kier alpha value is -2.30. The van der Waals surface area contributed by atoms with E-state index in [1.54, 1.807) is 6.08 Å². The third-order valence-corrected chi connectivity index (χ3v) is 1.98. The molecule has 17 heavy (non-hydrogen) atoms. The standard InChI is InChI=1S/C12H13NO4/c1-3-4-17-10-6-8(11(13)14)5-9(7-10)12(15)16-2/h3,5-7H,1,4H2,2H3,(H2,13,14). The van der Waals surface area contributed by atoms with Crippen molar-refractivity contribution in [1.29, 1.82) is 0 Å². The van der Waals surface area contributed by atoms with Gasteiger partial charge in [0.2, 0.25) is 5.91 Å². The van der Waals surface area contributed by atoms with E-state index in [0.717, 1.165) is 0 Å². The quantitative estimate of drug-likeness (QED) is 0.613. The average molecular weight is 235 g/mol. The molecule has 0 saturated carbocycles. The number of esters is 1. The van der Waals surface area contributed by atoms with Crippen LogP contribution in [0, 0.1) is 0 Å². The molecule has 0 heterocycles. The lowest BCUT2D eigenvalue weighted by atomic mass is 10.1. The number of carbonyl (C=O) groups is 2. The van der Waals surface area contributed by atoms with Gasteiger partial charge in [0.05, 0.1) is 12.7 Å². The van der Waals surface area contributed by atoms with Crippen molar-refractivity contribution in [2.24, 2.45) is 5.73 Å². The zero-order chi connectivity index (χ0) is 12.8.